The molecule has 5 nitrogen and oxygen atoms in total. The van der Waals surface area contributed by atoms with Gasteiger partial charge >= 0.3 is 0 Å². The summed E-state index contributed by atoms with van der Waals surface area (Å²) in [5.74, 6) is 1.06. The third-order valence-corrected chi connectivity index (χ3v) is 6.42. The van der Waals surface area contributed by atoms with Crippen LogP contribution >= 0.6 is 11.6 Å². The lowest BCUT2D eigenvalue weighted by Crippen LogP contribution is -2.59. The van der Waals surface area contributed by atoms with E-state index >= 15 is 0 Å². The van der Waals surface area contributed by atoms with Crippen molar-refractivity contribution in [2.45, 2.75) is 69.8 Å². The number of amides is 2. The van der Waals surface area contributed by atoms with E-state index in [0.717, 1.165) is 38.5 Å². The van der Waals surface area contributed by atoms with E-state index in [1.165, 1.54) is 6.42 Å². The number of rotatable bonds is 8. The molecule has 4 fully saturated rings. The van der Waals surface area contributed by atoms with Crippen molar-refractivity contribution in [2.75, 3.05) is 19.7 Å². The Labute approximate surface area is 155 Å². The number of halogens is 1. The summed E-state index contributed by atoms with van der Waals surface area (Å²) < 4.78 is 5.44. The first kappa shape index (κ1) is 19.0. The quantitative estimate of drug-likeness (QED) is 0.509. The predicted molar refractivity (Wildman–Crippen MR) is 97.4 cm³/mol. The van der Waals surface area contributed by atoms with Crippen LogP contribution in [-0.4, -0.2) is 42.5 Å². The molecule has 0 spiro atoms. The standard InChI is InChI=1S/C19H31ClN2O3/c1-13(2)25-5-3-4-21-16(23)11-22-17(24)18-7-14-6-15(8-18)10-19(20,9-14)12-18/h13-15H,3-12H2,1-2H3,(H,21,23)(H,22,24)/t14-,15-,18?,19?/m1/s1. The van der Waals surface area contributed by atoms with Gasteiger partial charge in [0.2, 0.25) is 11.8 Å². The fourth-order valence-electron chi connectivity index (χ4n) is 5.45. The van der Waals surface area contributed by atoms with Gasteiger partial charge in [0, 0.05) is 18.0 Å². The summed E-state index contributed by atoms with van der Waals surface area (Å²) in [6.45, 7) is 5.23. The van der Waals surface area contributed by atoms with Crippen molar-refractivity contribution in [1.82, 2.24) is 10.6 Å². The molecule has 0 unspecified atom stereocenters. The Balaban J connectivity index is 1.41. The zero-order chi connectivity index (χ0) is 18.1. The molecular formula is C19H31ClN2O3. The lowest BCUT2D eigenvalue weighted by molar-refractivity contribution is -0.145. The first-order chi connectivity index (χ1) is 11.8. The highest BCUT2D eigenvalue weighted by atomic mass is 35.5. The van der Waals surface area contributed by atoms with Gasteiger partial charge in [-0.05, 0) is 70.6 Å². The molecule has 0 heterocycles. The molecule has 4 saturated carbocycles. The Morgan fingerprint density at radius 2 is 1.84 bits per heavy atom. The van der Waals surface area contributed by atoms with Gasteiger partial charge in [0.25, 0.3) is 0 Å². The van der Waals surface area contributed by atoms with E-state index in [-0.39, 0.29) is 34.8 Å². The lowest BCUT2D eigenvalue weighted by atomic mass is 9.49. The summed E-state index contributed by atoms with van der Waals surface area (Å²) in [5.41, 5.74) is -0.336. The van der Waals surface area contributed by atoms with Crippen LogP contribution in [0.1, 0.15) is 58.8 Å². The summed E-state index contributed by atoms with van der Waals surface area (Å²) in [6.07, 6.45) is 6.98. The molecule has 6 heteroatoms. The Kier molecular flexibility index (Phi) is 5.64. The average molecular weight is 371 g/mol. The lowest BCUT2D eigenvalue weighted by Gasteiger charge is -2.59. The van der Waals surface area contributed by atoms with Crippen LogP contribution in [0.15, 0.2) is 0 Å². The number of hydrogen-bond acceptors (Lipinski definition) is 3. The Morgan fingerprint density at radius 1 is 1.16 bits per heavy atom. The van der Waals surface area contributed by atoms with E-state index in [0.29, 0.717) is 25.0 Å². The van der Waals surface area contributed by atoms with Gasteiger partial charge < -0.3 is 15.4 Å². The molecule has 2 amide bonds. The highest BCUT2D eigenvalue weighted by Gasteiger charge is 2.59. The van der Waals surface area contributed by atoms with Crippen LogP contribution in [0.25, 0.3) is 0 Å². The molecule has 0 aromatic rings. The number of carbonyl (C=O) groups is 2. The third kappa shape index (κ3) is 4.48. The first-order valence-corrected chi connectivity index (χ1v) is 10.0. The van der Waals surface area contributed by atoms with Crippen LogP contribution in [0, 0.1) is 17.3 Å². The molecule has 0 aromatic carbocycles. The molecule has 0 saturated heterocycles. The van der Waals surface area contributed by atoms with Gasteiger partial charge in [-0.3, -0.25) is 9.59 Å². The van der Waals surface area contributed by atoms with E-state index in [9.17, 15) is 9.59 Å². The minimum absolute atomic E-state index is 0.0323. The Hall–Kier alpha value is -0.810. The third-order valence-electron chi connectivity index (χ3n) is 5.98. The summed E-state index contributed by atoms with van der Waals surface area (Å²) in [7, 11) is 0. The number of ether oxygens (including phenoxy) is 1. The molecule has 25 heavy (non-hydrogen) atoms. The highest BCUT2D eigenvalue weighted by molar-refractivity contribution is 6.24. The average Bonchev–Trinajstić information content (AvgIpc) is 2.49. The largest absolute Gasteiger partial charge is 0.379 e. The minimum atomic E-state index is -0.336. The highest BCUT2D eigenvalue weighted by Crippen LogP contribution is 2.63. The zero-order valence-corrected chi connectivity index (χ0v) is 16.2. The SMILES string of the molecule is CC(C)OCCCNC(=O)CNC(=O)C12C[C@H]3C[C@@H](CC(Cl)(C3)C1)C2. The Bertz CT molecular complexity index is 509. The monoisotopic (exact) mass is 370 g/mol. The van der Waals surface area contributed by atoms with Crippen LogP contribution in [0.3, 0.4) is 0 Å². The molecule has 0 aliphatic heterocycles. The fraction of sp³-hybridized carbons (Fsp3) is 0.895. The maximum absolute atomic E-state index is 12.8. The summed E-state index contributed by atoms with van der Waals surface area (Å²) in [5, 5.41) is 5.71. The van der Waals surface area contributed by atoms with Crippen LogP contribution in [0.2, 0.25) is 0 Å². The van der Waals surface area contributed by atoms with Crippen molar-refractivity contribution in [3.8, 4) is 0 Å². The van der Waals surface area contributed by atoms with Crippen LogP contribution < -0.4 is 10.6 Å². The van der Waals surface area contributed by atoms with E-state index in [1.807, 2.05) is 13.8 Å². The van der Waals surface area contributed by atoms with E-state index in [4.69, 9.17) is 16.3 Å². The Morgan fingerprint density at radius 3 is 2.44 bits per heavy atom. The minimum Gasteiger partial charge on any atom is -0.379 e. The number of hydrogen-bond donors (Lipinski definition) is 2. The van der Waals surface area contributed by atoms with Gasteiger partial charge in [-0.25, -0.2) is 0 Å². The molecule has 142 valence electrons. The fourth-order valence-corrected chi connectivity index (χ4v) is 6.14. The molecule has 0 aromatic heterocycles. The van der Waals surface area contributed by atoms with Gasteiger partial charge in [0.15, 0.2) is 0 Å². The number of nitrogens with one attached hydrogen (secondary N) is 2. The van der Waals surface area contributed by atoms with Crippen molar-refractivity contribution in [3.63, 3.8) is 0 Å². The topological polar surface area (TPSA) is 67.4 Å². The van der Waals surface area contributed by atoms with Crippen molar-refractivity contribution in [3.05, 3.63) is 0 Å². The van der Waals surface area contributed by atoms with Crippen LogP contribution in [0.4, 0.5) is 0 Å². The van der Waals surface area contributed by atoms with Gasteiger partial charge in [0.05, 0.1) is 18.1 Å². The second kappa shape index (κ2) is 7.43. The summed E-state index contributed by atoms with van der Waals surface area (Å²) in [4.78, 5) is 24.6. The van der Waals surface area contributed by atoms with Crippen molar-refractivity contribution < 1.29 is 14.3 Å². The molecule has 4 bridgehead atoms. The zero-order valence-electron chi connectivity index (χ0n) is 15.4. The van der Waals surface area contributed by atoms with Crippen LogP contribution in [-0.2, 0) is 14.3 Å². The van der Waals surface area contributed by atoms with Gasteiger partial charge in [-0.15, -0.1) is 11.6 Å². The van der Waals surface area contributed by atoms with Gasteiger partial charge in [-0.2, -0.15) is 0 Å². The molecule has 2 atom stereocenters. The summed E-state index contributed by atoms with van der Waals surface area (Å²) >= 11 is 6.78. The normalized spacial score (nSPS) is 35.8. The van der Waals surface area contributed by atoms with E-state index < -0.39 is 0 Å². The molecule has 4 aliphatic carbocycles. The summed E-state index contributed by atoms with van der Waals surface area (Å²) in [6, 6.07) is 0. The molecule has 2 N–H and O–H groups in total. The second-order valence-electron chi connectivity index (χ2n) is 8.70. The number of alkyl halides is 1. The van der Waals surface area contributed by atoms with Crippen LogP contribution in [0.5, 0.6) is 0 Å². The first-order valence-electron chi connectivity index (χ1n) is 9.66. The molecular weight excluding hydrogens is 340 g/mol. The van der Waals surface area contributed by atoms with Crippen molar-refractivity contribution >= 4 is 23.4 Å². The van der Waals surface area contributed by atoms with Gasteiger partial charge in [0.1, 0.15) is 0 Å². The number of carbonyl (C=O) groups excluding carboxylic acids is 2. The van der Waals surface area contributed by atoms with Gasteiger partial charge in [-0.1, -0.05) is 0 Å². The second-order valence-corrected chi connectivity index (χ2v) is 9.50. The van der Waals surface area contributed by atoms with Crippen molar-refractivity contribution in [2.24, 2.45) is 17.3 Å². The van der Waals surface area contributed by atoms with E-state index in [2.05, 4.69) is 10.6 Å². The smallest absolute Gasteiger partial charge is 0.239 e. The maximum atomic E-state index is 12.8. The predicted octanol–water partition coefficient (Wildman–Crippen LogP) is 2.61. The maximum Gasteiger partial charge on any atom is 0.239 e. The molecule has 0 radical (unpaired) electrons. The molecule has 4 rings (SSSR count). The molecule has 4 aliphatic rings. The van der Waals surface area contributed by atoms with E-state index in [1.54, 1.807) is 0 Å². The van der Waals surface area contributed by atoms with Crippen molar-refractivity contribution in [1.29, 1.82) is 0 Å².